The van der Waals surface area contributed by atoms with E-state index in [-0.39, 0.29) is 11.4 Å². The Bertz CT molecular complexity index is 827. The van der Waals surface area contributed by atoms with E-state index in [9.17, 15) is 8.78 Å². The fourth-order valence-electron chi connectivity index (χ4n) is 2.59. The molecule has 3 aromatic rings. The molecule has 1 aromatic carbocycles. The van der Waals surface area contributed by atoms with E-state index in [4.69, 9.17) is 0 Å². The van der Waals surface area contributed by atoms with Crippen LogP contribution in [0.2, 0.25) is 0 Å². The highest BCUT2D eigenvalue weighted by Crippen LogP contribution is 2.38. The van der Waals surface area contributed by atoms with E-state index in [1.165, 1.54) is 0 Å². The number of nitrogens with one attached hydrogen (secondary N) is 1. The lowest BCUT2D eigenvalue weighted by Gasteiger charge is -2.17. The van der Waals surface area contributed by atoms with Gasteiger partial charge in [0.25, 0.3) is 0 Å². The SMILES string of the molecule is Cc1cc(C(C)c2c(F)c(F)c3[nH]ccc3c2Br)ccn1. The molecule has 1 atom stereocenters. The van der Waals surface area contributed by atoms with E-state index in [1.807, 2.05) is 26.0 Å². The highest BCUT2D eigenvalue weighted by atomic mass is 79.9. The first kappa shape index (κ1) is 14.2. The average Bonchev–Trinajstić information content (AvgIpc) is 2.95. The summed E-state index contributed by atoms with van der Waals surface area (Å²) < 4.78 is 29.2. The Balaban J connectivity index is 2.24. The number of benzene rings is 1. The first-order valence-corrected chi connectivity index (χ1v) is 7.36. The monoisotopic (exact) mass is 350 g/mol. The van der Waals surface area contributed by atoms with Crippen molar-refractivity contribution >= 4 is 26.8 Å². The highest BCUT2D eigenvalue weighted by Gasteiger charge is 2.24. The Labute approximate surface area is 129 Å². The molecule has 2 heterocycles. The number of fused-ring (bicyclic) bond motifs is 1. The molecule has 0 amide bonds. The maximum Gasteiger partial charge on any atom is 0.183 e. The molecule has 5 heteroatoms. The smallest absolute Gasteiger partial charge is 0.183 e. The fourth-order valence-corrected chi connectivity index (χ4v) is 3.43. The number of halogens is 3. The number of aryl methyl sites for hydroxylation is 1. The molecular weight excluding hydrogens is 338 g/mol. The molecule has 108 valence electrons. The standard InChI is InChI=1S/C16H13BrF2N2/c1-8-7-10(3-5-20-8)9(2)12-13(17)11-4-6-21-16(11)15(19)14(12)18/h3-7,9,21H,1-2H3. The van der Waals surface area contributed by atoms with Crippen LogP contribution >= 0.6 is 15.9 Å². The summed E-state index contributed by atoms with van der Waals surface area (Å²) in [6.07, 6.45) is 3.28. The van der Waals surface area contributed by atoms with Crippen LogP contribution in [0.4, 0.5) is 8.78 Å². The highest BCUT2D eigenvalue weighted by molar-refractivity contribution is 9.10. The summed E-state index contributed by atoms with van der Waals surface area (Å²) >= 11 is 3.42. The summed E-state index contributed by atoms with van der Waals surface area (Å²) in [5.74, 6) is -1.94. The van der Waals surface area contributed by atoms with Crippen LogP contribution in [0.25, 0.3) is 10.9 Å². The summed E-state index contributed by atoms with van der Waals surface area (Å²) in [4.78, 5) is 6.86. The molecular formula is C16H13BrF2N2. The summed E-state index contributed by atoms with van der Waals surface area (Å²) in [5, 5.41) is 0.640. The molecule has 0 saturated carbocycles. The lowest BCUT2D eigenvalue weighted by molar-refractivity contribution is 0.501. The van der Waals surface area contributed by atoms with E-state index in [2.05, 4.69) is 25.9 Å². The van der Waals surface area contributed by atoms with Gasteiger partial charge in [0.1, 0.15) is 0 Å². The van der Waals surface area contributed by atoms with Crippen LogP contribution in [-0.4, -0.2) is 9.97 Å². The number of hydrogen-bond acceptors (Lipinski definition) is 1. The maximum atomic E-state index is 14.5. The van der Waals surface area contributed by atoms with Crippen LogP contribution in [0.3, 0.4) is 0 Å². The number of hydrogen-bond donors (Lipinski definition) is 1. The van der Waals surface area contributed by atoms with Crippen molar-refractivity contribution in [2.24, 2.45) is 0 Å². The van der Waals surface area contributed by atoms with Gasteiger partial charge in [0.15, 0.2) is 11.6 Å². The van der Waals surface area contributed by atoms with Gasteiger partial charge in [-0.25, -0.2) is 8.78 Å². The van der Waals surface area contributed by atoms with Crippen molar-refractivity contribution in [2.75, 3.05) is 0 Å². The third-order valence-electron chi connectivity index (χ3n) is 3.72. The van der Waals surface area contributed by atoms with Crippen LogP contribution in [0.1, 0.15) is 29.7 Å². The Morgan fingerprint density at radius 3 is 2.71 bits per heavy atom. The summed E-state index contributed by atoms with van der Waals surface area (Å²) in [6, 6.07) is 5.44. The number of rotatable bonds is 2. The third-order valence-corrected chi connectivity index (χ3v) is 4.58. The van der Waals surface area contributed by atoms with Gasteiger partial charge < -0.3 is 4.98 Å². The minimum absolute atomic E-state index is 0.182. The van der Waals surface area contributed by atoms with Crippen molar-refractivity contribution in [3.05, 3.63) is 63.5 Å². The van der Waals surface area contributed by atoms with Gasteiger partial charge >= 0.3 is 0 Å². The first-order chi connectivity index (χ1) is 10.0. The van der Waals surface area contributed by atoms with E-state index in [0.717, 1.165) is 11.3 Å². The number of aromatic amines is 1. The molecule has 0 aliphatic carbocycles. The molecule has 0 aliphatic rings. The molecule has 2 aromatic heterocycles. The minimum atomic E-state index is -0.842. The molecule has 1 unspecified atom stereocenters. The van der Waals surface area contributed by atoms with Gasteiger partial charge in [-0.2, -0.15) is 0 Å². The largest absolute Gasteiger partial charge is 0.359 e. The Hall–Kier alpha value is -1.75. The molecule has 0 fully saturated rings. The van der Waals surface area contributed by atoms with E-state index < -0.39 is 11.6 Å². The number of aromatic nitrogens is 2. The lowest BCUT2D eigenvalue weighted by atomic mass is 9.92. The van der Waals surface area contributed by atoms with Crippen molar-refractivity contribution in [1.29, 1.82) is 0 Å². The summed E-state index contributed by atoms with van der Waals surface area (Å²) in [6.45, 7) is 3.73. The lowest BCUT2D eigenvalue weighted by Crippen LogP contribution is -2.04. The quantitative estimate of drug-likeness (QED) is 0.642. The number of pyridine rings is 1. The zero-order chi connectivity index (χ0) is 15.1. The Morgan fingerprint density at radius 2 is 2.00 bits per heavy atom. The van der Waals surface area contributed by atoms with Gasteiger partial charge in [0, 0.05) is 39.4 Å². The Kier molecular flexibility index (Phi) is 3.53. The molecule has 21 heavy (non-hydrogen) atoms. The maximum absolute atomic E-state index is 14.5. The molecule has 0 aliphatic heterocycles. The summed E-state index contributed by atoms with van der Waals surface area (Å²) in [7, 11) is 0. The predicted molar refractivity (Wildman–Crippen MR) is 82.4 cm³/mol. The van der Waals surface area contributed by atoms with Crippen molar-refractivity contribution < 1.29 is 8.78 Å². The van der Waals surface area contributed by atoms with Gasteiger partial charge in [0.05, 0.1) is 5.52 Å². The number of nitrogens with zero attached hydrogens (tertiary/aromatic N) is 1. The van der Waals surface area contributed by atoms with Gasteiger partial charge in [-0.3, -0.25) is 4.98 Å². The van der Waals surface area contributed by atoms with Crippen molar-refractivity contribution in [1.82, 2.24) is 9.97 Å². The zero-order valence-electron chi connectivity index (χ0n) is 11.5. The van der Waals surface area contributed by atoms with Crippen molar-refractivity contribution in [2.45, 2.75) is 19.8 Å². The molecule has 0 spiro atoms. The average molecular weight is 351 g/mol. The van der Waals surface area contributed by atoms with Crippen LogP contribution in [0.5, 0.6) is 0 Å². The normalized spacial score (nSPS) is 12.8. The molecule has 1 N–H and O–H groups in total. The van der Waals surface area contributed by atoms with Crippen molar-refractivity contribution in [3.63, 3.8) is 0 Å². The number of H-pyrrole nitrogens is 1. The summed E-state index contributed by atoms with van der Waals surface area (Å²) in [5.41, 5.74) is 2.25. The molecule has 0 bridgehead atoms. The van der Waals surface area contributed by atoms with E-state index in [1.54, 1.807) is 18.5 Å². The second-order valence-electron chi connectivity index (χ2n) is 5.07. The molecule has 2 nitrogen and oxygen atoms in total. The second kappa shape index (κ2) is 5.22. The van der Waals surface area contributed by atoms with E-state index >= 15 is 0 Å². The second-order valence-corrected chi connectivity index (χ2v) is 5.87. The first-order valence-electron chi connectivity index (χ1n) is 6.56. The van der Waals surface area contributed by atoms with Gasteiger partial charge in [-0.15, -0.1) is 0 Å². The fraction of sp³-hybridized carbons (Fsp3) is 0.188. The third kappa shape index (κ3) is 2.25. The molecule has 3 rings (SSSR count). The van der Waals surface area contributed by atoms with Gasteiger partial charge in [0.2, 0.25) is 0 Å². The Morgan fingerprint density at radius 1 is 1.24 bits per heavy atom. The minimum Gasteiger partial charge on any atom is -0.359 e. The zero-order valence-corrected chi connectivity index (χ0v) is 13.1. The van der Waals surface area contributed by atoms with Gasteiger partial charge in [-0.05, 0) is 46.6 Å². The van der Waals surface area contributed by atoms with E-state index in [0.29, 0.717) is 15.4 Å². The van der Waals surface area contributed by atoms with Crippen LogP contribution < -0.4 is 0 Å². The topological polar surface area (TPSA) is 28.7 Å². The van der Waals surface area contributed by atoms with Crippen LogP contribution in [0.15, 0.2) is 35.1 Å². The van der Waals surface area contributed by atoms with Crippen LogP contribution in [0, 0.1) is 18.6 Å². The molecule has 0 saturated heterocycles. The van der Waals surface area contributed by atoms with Crippen LogP contribution in [-0.2, 0) is 0 Å². The molecule has 0 radical (unpaired) electrons. The van der Waals surface area contributed by atoms with Crippen molar-refractivity contribution in [3.8, 4) is 0 Å². The predicted octanol–water partition coefficient (Wildman–Crippen LogP) is 5.06. The van der Waals surface area contributed by atoms with Gasteiger partial charge in [-0.1, -0.05) is 6.92 Å².